The minimum Gasteiger partial charge on any atom is -0.456 e. The number of hydrogen-bond donors (Lipinski definition) is 2. The van der Waals surface area contributed by atoms with Crippen LogP contribution >= 0.6 is 7.82 Å². The molecule has 0 aliphatic carbocycles. The fourth-order valence-electron chi connectivity index (χ4n) is 8.92. The number of amides is 1. The zero-order valence-electron chi connectivity index (χ0n) is 50.5. The number of carbonyl (C=O) groups is 2. The second-order valence-electron chi connectivity index (χ2n) is 22.6. The van der Waals surface area contributed by atoms with Gasteiger partial charge in [0.05, 0.1) is 33.8 Å². The van der Waals surface area contributed by atoms with Crippen LogP contribution in [0.4, 0.5) is 0 Å². The van der Waals surface area contributed by atoms with Gasteiger partial charge in [0.25, 0.3) is 0 Å². The smallest absolute Gasteiger partial charge is 0.456 e. The van der Waals surface area contributed by atoms with E-state index in [1.807, 2.05) is 33.3 Å². The van der Waals surface area contributed by atoms with Crippen LogP contribution in [0.5, 0.6) is 0 Å². The summed E-state index contributed by atoms with van der Waals surface area (Å²) < 4.78 is 30.7. The molecule has 1 amide bonds. The molecule has 0 heterocycles. The number of likely N-dealkylation sites (N-methyl/N-ethyl adjacent to an activating group) is 1. The number of ether oxygens (including phenoxy) is 1. The third kappa shape index (κ3) is 56.2. The lowest BCUT2D eigenvalue weighted by molar-refractivity contribution is -0.870. The zero-order chi connectivity index (χ0) is 55.7. The molecule has 2 N–H and O–H groups in total. The van der Waals surface area contributed by atoms with Crippen molar-refractivity contribution in [3.8, 4) is 0 Å². The molecule has 0 aromatic carbocycles. The molecule has 0 aromatic rings. The first-order valence-electron chi connectivity index (χ1n) is 31.8. The third-order valence-corrected chi connectivity index (χ3v) is 14.9. The highest BCUT2D eigenvalue weighted by Crippen LogP contribution is 2.43. The lowest BCUT2D eigenvalue weighted by atomic mass is 10.0. The lowest BCUT2D eigenvalue weighted by Gasteiger charge is -2.27. The van der Waals surface area contributed by atoms with E-state index < -0.39 is 20.0 Å². The molecule has 0 saturated carbocycles. The van der Waals surface area contributed by atoms with Crippen molar-refractivity contribution in [2.24, 2.45) is 0 Å². The Morgan fingerprint density at radius 3 is 1.24 bits per heavy atom. The lowest BCUT2D eigenvalue weighted by Crippen LogP contribution is -2.47. The van der Waals surface area contributed by atoms with Gasteiger partial charge in [0.2, 0.25) is 5.91 Å². The Balaban J connectivity index is 5.32. The number of quaternary nitrogens is 1. The highest BCUT2D eigenvalue weighted by atomic mass is 31.2. The predicted octanol–water partition coefficient (Wildman–Crippen LogP) is 19.6. The van der Waals surface area contributed by atoms with Gasteiger partial charge in [0.1, 0.15) is 19.3 Å². The molecule has 0 aromatic heterocycles. The number of nitrogens with one attached hydrogen (secondary N) is 1. The predicted molar refractivity (Wildman–Crippen MR) is 328 cm³/mol. The molecule has 9 nitrogen and oxygen atoms in total. The topological polar surface area (TPSA) is 111 Å². The Labute approximate surface area is 470 Å². The molecule has 0 bridgehead atoms. The number of phosphoric ester groups is 1. The maximum atomic E-state index is 13.5. The molecule has 0 aliphatic rings. The van der Waals surface area contributed by atoms with Crippen LogP contribution in [0.25, 0.3) is 0 Å². The molecule has 0 saturated heterocycles. The van der Waals surface area contributed by atoms with E-state index in [1.165, 1.54) is 135 Å². The summed E-state index contributed by atoms with van der Waals surface area (Å²) in [5.41, 5.74) is 0. The summed E-state index contributed by atoms with van der Waals surface area (Å²) in [6.45, 7) is 6.98. The van der Waals surface area contributed by atoms with Crippen LogP contribution in [-0.2, 0) is 27.9 Å². The highest BCUT2D eigenvalue weighted by Gasteiger charge is 2.30. The Morgan fingerprint density at radius 1 is 0.461 bits per heavy atom. The van der Waals surface area contributed by atoms with Crippen molar-refractivity contribution in [2.45, 2.75) is 296 Å². The van der Waals surface area contributed by atoms with Gasteiger partial charge in [-0.15, -0.1) is 0 Å². The number of allylic oxidation sites excluding steroid dienone is 11. The van der Waals surface area contributed by atoms with Crippen molar-refractivity contribution in [2.75, 3.05) is 40.9 Å². The quantitative estimate of drug-likeness (QED) is 0.0205. The van der Waals surface area contributed by atoms with E-state index in [1.54, 1.807) is 0 Å². The number of hydrogen-bond acceptors (Lipinski definition) is 6. The number of esters is 1. The van der Waals surface area contributed by atoms with E-state index in [9.17, 15) is 19.0 Å². The van der Waals surface area contributed by atoms with Crippen LogP contribution in [0.1, 0.15) is 284 Å². The second kappa shape index (κ2) is 55.8. The molecular formula is C66H122N2O7P+. The van der Waals surface area contributed by atoms with Crippen LogP contribution in [0.3, 0.4) is 0 Å². The maximum Gasteiger partial charge on any atom is 0.472 e. The Bertz CT molecular complexity index is 1530. The molecule has 10 heteroatoms. The van der Waals surface area contributed by atoms with Gasteiger partial charge in [0.15, 0.2) is 0 Å². The van der Waals surface area contributed by atoms with Gasteiger partial charge in [-0.1, -0.05) is 242 Å². The van der Waals surface area contributed by atoms with E-state index >= 15 is 0 Å². The van der Waals surface area contributed by atoms with Crippen LogP contribution in [0.2, 0.25) is 0 Å². The molecule has 3 unspecified atom stereocenters. The van der Waals surface area contributed by atoms with Gasteiger partial charge >= 0.3 is 13.8 Å². The van der Waals surface area contributed by atoms with Gasteiger partial charge in [0, 0.05) is 12.8 Å². The first-order chi connectivity index (χ1) is 36.9. The molecule has 3 atom stereocenters. The number of phosphoric acid groups is 1. The zero-order valence-corrected chi connectivity index (χ0v) is 51.4. The Morgan fingerprint density at radius 2 is 0.803 bits per heavy atom. The van der Waals surface area contributed by atoms with Gasteiger partial charge < -0.3 is 19.4 Å². The molecular weight excluding hydrogens is 964 g/mol. The van der Waals surface area contributed by atoms with Crippen molar-refractivity contribution in [1.82, 2.24) is 5.32 Å². The average Bonchev–Trinajstić information content (AvgIpc) is 3.38. The van der Waals surface area contributed by atoms with Gasteiger partial charge in [-0.2, -0.15) is 0 Å². The van der Waals surface area contributed by atoms with Crippen LogP contribution < -0.4 is 5.32 Å². The normalized spacial score (nSPS) is 14.1. The minimum absolute atomic E-state index is 0.0334. The van der Waals surface area contributed by atoms with Crippen molar-refractivity contribution in [3.05, 3.63) is 72.9 Å². The summed E-state index contributed by atoms with van der Waals surface area (Å²) in [5, 5.41) is 3.05. The summed E-state index contributed by atoms with van der Waals surface area (Å²) in [4.78, 5) is 37.7. The van der Waals surface area contributed by atoms with Gasteiger partial charge in [-0.3, -0.25) is 18.6 Å². The van der Waals surface area contributed by atoms with Crippen molar-refractivity contribution >= 4 is 19.7 Å². The number of nitrogens with zero attached hydrogens (tertiary/aromatic N) is 1. The largest absolute Gasteiger partial charge is 0.472 e. The number of rotatable bonds is 57. The van der Waals surface area contributed by atoms with Gasteiger partial charge in [-0.25, -0.2) is 4.57 Å². The summed E-state index contributed by atoms with van der Waals surface area (Å²) >= 11 is 0. The fraction of sp³-hybridized carbons (Fsp3) is 0.788. The van der Waals surface area contributed by atoms with Crippen LogP contribution in [-0.4, -0.2) is 74.3 Å². The second-order valence-corrected chi connectivity index (χ2v) is 24.0. The van der Waals surface area contributed by atoms with Crippen LogP contribution in [0.15, 0.2) is 72.9 Å². The monoisotopic (exact) mass is 1090 g/mol. The van der Waals surface area contributed by atoms with Crippen molar-refractivity contribution in [3.63, 3.8) is 0 Å². The summed E-state index contributed by atoms with van der Waals surface area (Å²) in [6.07, 6.45) is 71.8. The van der Waals surface area contributed by atoms with E-state index in [2.05, 4.69) is 86.8 Å². The Hall–Kier alpha value is -2.55. The van der Waals surface area contributed by atoms with Gasteiger partial charge in [-0.05, 0) is 102 Å². The highest BCUT2D eigenvalue weighted by molar-refractivity contribution is 7.47. The molecule has 442 valence electrons. The first kappa shape index (κ1) is 73.5. The van der Waals surface area contributed by atoms with E-state index in [-0.39, 0.29) is 31.5 Å². The summed E-state index contributed by atoms with van der Waals surface area (Å²) in [5.74, 6) is -0.532. The maximum absolute atomic E-state index is 13.5. The molecule has 0 radical (unpaired) electrons. The average molecular weight is 1090 g/mol. The number of unbranched alkanes of at least 4 members (excludes halogenated alkanes) is 31. The number of carbonyl (C=O) groups excluding carboxylic acids is 2. The standard InChI is InChI=1S/C66H121N2O7P/c1-7-10-13-16-19-22-25-28-30-32-33-34-35-36-38-41-44-47-50-53-56-59-66(70)75-64(57-54-51-48-45-42-39-27-24-21-18-15-12-9-3)63(62-74-76(71,72)73-61-60-68(4,5)6)67-65(69)58-55-52-49-46-43-40-37-31-29-26-23-20-17-14-11-8-2/h19,22,28,30-31,33-34,36-38,54,57,63-64H,7-18,20-21,23-27,29,32,35,39-53,55-56,58-62H2,1-6H3,(H-,67,69,71,72)/p+1/b22-19-,30-28-,34-33-,37-31+,38-36-,57-54+. The van der Waals surface area contributed by atoms with Crippen molar-refractivity contribution in [1.29, 1.82) is 0 Å². The van der Waals surface area contributed by atoms with E-state index in [0.717, 1.165) is 109 Å². The molecule has 76 heavy (non-hydrogen) atoms. The summed E-state index contributed by atoms with van der Waals surface area (Å²) in [6, 6.07) is -0.863. The SMILES string of the molecule is CCCCC/C=C\C/C=C\C/C=C\C/C=C\CCCCCCCC(=O)OC(/C=C/CCCCCCCCCCCCC)C(COP(=O)(O)OCC[N+](C)(C)C)NC(=O)CCCCCCC/C=C/CCCCCCCCC. The molecule has 0 rings (SSSR count). The minimum atomic E-state index is -4.46. The third-order valence-electron chi connectivity index (χ3n) is 13.9. The van der Waals surface area contributed by atoms with E-state index in [4.69, 9.17) is 13.8 Å². The molecule has 0 aliphatic heterocycles. The molecule has 0 fully saturated rings. The first-order valence-corrected chi connectivity index (χ1v) is 33.3. The van der Waals surface area contributed by atoms with Crippen molar-refractivity contribution < 1.29 is 37.3 Å². The fourth-order valence-corrected chi connectivity index (χ4v) is 9.65. The molecule has 0 spiro atoms. The summed E-state index contributed by atoms with van der Waals surface area (Å²) in [7, 11) is 1.48. The Kier molecular flexibility index (Phi) is 53.9. The van der Waals surface area contributed by atoms with Crippen LogP contribution in [0, 0.1) is 0 Å². The van der Waals surface area contributed by atoms with E-state index in [0.29, 0.717) is 23.9 Å².